The van der Waals surface area contributed by atoms with Crippen molar-refractivity contribution in [1.82, 2.24) is 4.98 Å². The highest BCUT2D eigenvalue weighted by atomic mass is 35.5. The van der Waals surface area contributed by atoms with E-state index in [9.17, 15) is 0 Å². The molecule has 1 heterocycles. The average Bonchev–Trinajstić information content (AvgIpc) is 3.45. The Hall–Kier alpha value is -1.32. The van der Waals surface area contributed by atoms with Crippen LogP contribution in [-0.4, -0.2) is 4.98 Å². The van der Waals surface area contributed by atoms with Crippen molar-refractivity contribution in [2.75, 3.05) is 5.32 Å². The van der Waals surface area contributed by atoms with E-state index >= 15 is 0 Å². The molecule has 2 nitrogen and oxygen atoms in total. The van der Waals surface area contributed by atoms with Crippen LogP contribution in [0, 0.1) is 46.3 Å². The first-order chi connectivity index (χ1) is 18.2. The second-order valence-corrected chi connectivity index (χ2v) is 15.5. The molecule has 0 radical (unpaired) electrons. The Morgan fingerprint density at radius 2 is 1.87 bits per heavy atom. The van der Waals surface area contributed by atoms with Gasteiger partial charge in [0.2, 0.25) is 0 Å². The second-order valence-electron chi connectivity index (χ2n) is 14.1. The SMILES string of the molecule is CC(C)CCCC(C)C1CC[C@H]2[C@@H]3CC=C4c5sc(Nc6ccccc6Cl)nc5CC[C@]4(C)[C@H]3CC[C@]12C. The summed E-state index contributed by atoms with van der Waals surface area (Å²) in [5.41, 5.74) is 4.71. The molecule has 4 aliphatic carbocycles. The third-order valence-electron chi connectivity index (χ3n) is 11.6. The topological polar surface area (TPSA) is 24.9 Å². The van der Waals surface area contributed by atoms with Crippen molar-refractivity contribution in [2.24, 2.45) is 46.3 Å². The maximum absolute atomic E-state index is 6.44. The number of aryl methyl sites for hydroxylation is 1. The number of rotatable bonds is 7. The zero-order chi connectivity index (χ0) is 26.7. The minimum Gasteiger partial charge on any atom is -0.330 e. The predicted octanol–water partition coefficient (Wildman–Crippen LogP) is 10.8. The molecular weight excluding hydrogens is 504 g/mol. The molecular formula is C34H47ClN2S. The number of nitrogens with zero attached hydrogens (tertiary/aromatic N) is 1. The Labute approximate surface area is 240 Å². The van der Waals surface area contributed by atoms with Crippen LogP contribution in [0.4, 0.5) is 10.8 Å². The van der Waals surface area contributed by atoms with Crippen LogP contribution in [0.1, 0.15) is 103 Å². The van der Waals surface area contributed by atoms with Gasteiger partial charge in [0, 0.05) is 0 Å². The number of aromatic nitrogens is 1. The molecule has 6 rings (SSSR count). The van der Waals surface area contributed by atoms with E-state index in [1.807, 2.05) is 35.6 Å². The van der Waals surface area contributed by atoms with E-state index in [0.717, 1.165) is 57.8 Å². The highest BCUT2D eigenvalue weighted by molar-refractivity contribution is 7.16. The van der Waals surface area contributed by atoms with Crippen molar-refractivity contribution in [3.8, 4) is 0 Å². The molecule has 1 aromatic carbocycles. The molecule has 2 saturated carbocycles. The molecule has 2 aromatic rings. The van der Waals surface area contributed by atoms with E-state index in [0.29, 0.717) is 10.8 Å². The number of benzene rings is 1. The first-order valence-electron chi connectivity index (χ1n) is 15.4. The lowest BCUT2D eigenvalue weighted by molar-refractivity contribution is -0.0392. The van der Waals surface area contributed by atoms with Crippen molar-refractivity contribution in [1.29, 1.82) is 0 Å². The molecule has 0 aliphatic heterocycles. The van der Waals surface area contributed by atoms with Crippen molar-refractivity contribution < 1.29 is 0 Å². The quantitative estimate of drug-likeness (QED) is 0.370. The van der Waals surface area contributed by atoms with Crippen molar-refractivity contribution in [3.63, 3.8) is 0 Å². The van der Waals surface area contributed by atoms with E-state index in [-0.39, 0.29) is 0 Å². The first-order valence-corrected chi connectivity index (χ1v) is 16.6. The highest BCUT2D eigenvalue weighted by Gasteiger charge is 2.59. The summed E-state index contributed by atoms with van der Waals surface area (Å²) in [4.78, 5) is 6.50. The van der Waals surface area contributed by atoms with E-state index in [1.54, 1.807) is 5.57 Å². The number of thiazole rings is 1. The molecule has 0 saturated heterocycles. The van der Waals surface area contributed by atoms with Crippen LogP contribution in [0.15, 0.2) is 30.3 Å². The number of fused-ring (bicyclic) bond motifs is 7. The number of halogens is 1. The van der Waals surface area contributed by atoms with Gasteiger partial charge in [-0.2, -0.15) is 0 Å². The number of anilines is 2. The summed E-state index contributed by atoms with van der Waals surface area (Å²) in [6.45, 7) is 12.7. The van der Waals surface area contributed by atoms with Crippen molar-refractivity contribution in [3.05, 3.63) is 45.9 Å². The number of allylic oxidation sites excluding steroid dienone is 2. The fourth-order valence-corrected chi connectivity index (χ4v) is 11.0. The average molecular weight is 551 g/mol. The van der Waals surface area contributed by atoms with E-state index in [4.69, 9.17) is 16.6 Å². The van der Waals surface area contributed by atoms with Crippen LogP contribution >= 0.6 is 22.9 Å². The van der Waals surface area contributed by atoms with Gasteiger partial charge in [0.25, 0.3) is 0 Å². The lowest BCUT2D eigenvalue weighted by atomic mass is 9.47. The zero-order valence-electron chi connectivity index (χ0n) is 24.2. The molecule has 38 heavy (non-hydrogen) atoms. The van der Waals surface area contributed by atoms with Crippen LogP contribution in [0.3, 0.4) is 0 Å². The van der Waals surface area contributed by atoms with Crippen LogP contribution in [-0.2, 0) is 6.42 Å². The molecule has 1 aromatic heterocycles. The minimum absolute atomic E-state index is 0.298. The molecule has 4 heteroatoms. The number of hydrogen-bond acceptors (Lipinski definition) is 3. The Morgan fingerprint density at radius 3 is 2.66 bits per heavy atom. The van der Waals surface area contributed by atoms with Gasteiger partial charge in [0.1, 0.15) is 0 Å². The minimum atomic E-state index is 0.298. The fraction of sp³-hybridized carbons (Fsp3) is 0.676. The molecule has 206 valence electrons. The Morgan fingerprint density at radius 1 is 1.05 bits per heavy atom. The Bertz CT molecular complexity index is 1200. The van der Waals surface area contributed by atoms with Gasteiger partial charge in [-0.3, -0.25) is 0 Å². The second kappa shape index (κ2) is 10.3. The number of para-hydroxylation sites is 1. The van der Waals surface area contributed by atoms with Gasteiger partial charge < -0.3 is 5.32 Å². The van der Waals surface area contributed by atoms with Gasteiger partial charge in [-0.15, -0.1) is 0 Å². The third-order valence-corrected chi connectivity index (χ3v) is 13.0. The van der Waals surface area contributed by atoms with Crippen LogP contribution in [0.25, 0.3) is 5.57 Å². The molecule has 4 aliphatic rings. The summed E-state index contributed by atoms with van der Waals surface area (Å²) in [5, 5.41) is 5.25. The fourth-order valence-electron chi connectivity index (χ4n) is 9.63. The van der Waals surface area contributed by atoms with Crippen LogP contribution < -0.4 is 5.32 Å². The monoisotopic (exact) mass is 550 g/mol. The normalized spacial score (nSPS) is 34.7. The molecule has 0 spiro atoms. The molecule has 7 atom stereocenters. The lowest BCUT2D eigenvalue weighted by Crippen LogP contribution is -2.49. The maximum Gasteiger partial charge on any atom is 0.187 e. The number of nitrogens with one attached hydrogen (secondary N) is 1. The molecule has 0 bridgehead atoms. The number of hydrogen-bond donors (Lipinski definition) is 1. The third kappa shape index (κ3) is 4.48. The molecule has 2 fully saturated rings. The van der Waals surface area contributed by atoms with Crippen molar-refractivity contribution in [2.45, 2.75) is 98.8 Å². The molecule has 0 amide bonds. The molecule has 1 N–H and O–H groups in total. The van der Waals surface area contributed by atoms with E-state index in [2.05, 4.69) is 46.0 Å². The maximum atomic E-state index is 6.44. The predicted molar refractivity (Wildman–Crippen MR) is 164 cm³/mol. The van der Waals surface area contributed by atoms with Gasteiger partial charge in [-0.25, -0.2) is 4.98 Å². The van der Waals surface area contributed by atoms with Crippen LogP contribution in [0.2, 0.25) is 5.02 Å². The summed E-state index contributed by atoms with van der Waals surface area (Å²) < 4.78 is 0. The van der Waals surface area contributed by atoms with Gasteiger partial charge in [-0.05, 0) is 109 Å². The lowest BCUT2D eigenvalue weighted by Gasteiger charge is -2.57. The summed E-state index contributed by atoms with van der Waals surface area (Å²) >= 11 is 8.28. The Kier molecular flexibility index (Phi) is 7.26. The summed E-state index contributed by atoms with van der Waals surface area (Å²) in [6.07, 6.45) is 16.3. The van der Waals surface area contributed by atoms with Crippen molar-refractivity contribution >= 4 is 39.3 Å². The first kappa shape index (κ1) is 26.9. The van der Waals surface area contributed by atoms with E-state index in [1.165, 1.54) is 68.4 Å². The van der Waals surface area contributed by atoms with Crippen LogP contribution in [0.5, 0.6) is 0 Å². The summed E-state index contributed by atoms with van der Waals surface area (Å²) in [5.74, 6) is 5.25. The summed E-state index contributed by atoms with van der Waals surface area (Å²) in [6, 6.07) is 7.98. The van der Waals surface area contributed by atoms with Gasteiger partial charge in [0.15, 0.2) is 5.13 Å². The zero-order valence-corrected chi connectivity index (χ0v) is 25.7. The standard InChI is InChI=1S/C34H47ClN2S/c1-21(2)9-8-10-22(3)24-15-16-25-23-13-14-27-31-30(18-20-34(27,5)26(23)17-19-33(24,25)4)37-32(38-31)36-29-12-7-6-11-28(29)35/h6-7,11-12,14,21-26H,8-10,13,15-20H2,1-5H3,(H,36,37)/t22?,23-,24?,25-,26-,33+,34+/m0/s1. The summed E-state index contributed by atoms with van der Waals surface area (Å²) in [7, 11) is 0. The van der Waals surface area contributed by atoms with E-state index < -0.39 is 0 Å². The highest BCUT2D eigenvalue weighted by Crippen LogP contribution is 2.68. The largest absolute Gasteiger partial charge is 0.330 e. The van der Waals surface area contributed by atoms with Gasteiger partial charge in [0.05, 0.1) is 21.3 Å². The Balaban J connectivity index is 1.22. The smallest absolute Gasteiger partial charge is 0.187 e. The van der Waals surface area contributed by atoms with Gasteiger partial charge in [-0.1, -0.05) is 95.0 Å². The molecule has 2 unspecified atom stereocenters. The van der Waals surface area contributed by atoms with Gasteiger partial charge >= 0.3 is 0 Å².